The average Bonchev–Trinajstić information content (AvgIpc) is 2.56. The van der Waals surface area contributed by atoms with Gasteiger partial charge in [0.25, 0.3) is 0 Å². The van der Waals surface area contributed by atoms with Crippen molar-refractivity contribution >= 4 is 41.3 Å². The van der Waals surface area contributed by atoms with Crippen molar-refractivity contribution in [2.24, 2.45) is 9.98 Å². The summed E-state index contributed by atoms with van der Waals surface area (Å²) in [6.45, 7) is 1.86. The van der Waals surface area contributed by atoms with E-state index in [1.165, 1.54) is 12.2 Å². The van der Waals surface area contributed by atoms with Gasteiger partial charge in [0.2, 0.25) is 12.2 Å². The molecule has 2 rings (SSSR count). The molecular weight excluding hydrogens is 299 g/mol. The second-order valence-corrected chi connectivity index (χ2v) is 7.64. The van der Waals surface area contributed by atoms with E-state index in [1.54, 1.807) is 48.5 Å². The summed E-state index contributed by atoms with van der Waals surface area (Å²) in [6, 6.07) is 13.4. The molecule has 0 atom stereocenters. The van der Waals surface area contributed by atoms with E-state index in [4.69, 9.17) is 0 Å². The lowest BCUT2D eigenvalue weighted by atomic mass is 10.3. The van der Waals surface area contributed by atoms with Gasteiger partial charge in [0.05, 0.1) is 11.4 Å². The Bertz CT molecular complexity index is 735. The van der Waals surface area contributed by atoms with Gasteiger partial charge in [-0.05, 0) is 48.5 Å². The Morgan fingerprint density at radius 3 is 1.45 bits per heavy atom. The van der Waals surface area contributed by atoms with E-state index < -0.39 is 7.14 Å². The number of hydrogen-bond donors (Lipinski definition) is 0. The fourth-order valence-electron chi connectivity index (χ4n) is 2.16. The molecule has 110 valence electrons. The number of isocyanates is 2. The van der Waals surface area contributed by atoms with Gasteiger partial charge in [-0.15, -0.1) is 0 Å². The summed E-state index contributed by atoms with van der Waals surface area (Å²) < 4.78 is 13.3. The predicted molar refractivity (Wildman–Crippen MR) is 85.9 cm³/mol. The highest BCUT2D eigenvalue weighted by molar-refractivity contribution is 7.78. The van der Waals surface area contributed by atoms with Crippen LogP contribution in [0.4, 0.5) is 11.4 Å². The van der Waals surface area contributed by atoms with Crippen LogP contribution in [0.2, 0.25) is 0 Å². The van der Waals surface area contributed by atoms with Gasteiger partial charge in [-0.3, -0.25) is 0 Å². The normalized spacial score (nSPS) is 12.6. The summed E-state index contributed by atoms with van der Waals surface area (Å²) in [4.78, 5) is 27.5. The molecular formula is C16H13N2O3P. The van der Waals surface area contributed by atoms with Crippen LogP contribution in [0.1, 0.15) is 6.92 Å². The monoisotopic (exact) mass is 312 g/mol. The summed E-state index contributed by atoms with van der Waals surface area (Å²) in [5, 5.41) is 1.37. The third kappa shape index (κ3) is 3.19. The van der Waals surface area contributed by atoms with Crippen LogP contribution >= 0.6 is 7.14 Å². The Morgan fingerprint density at radius 1 is 0.818 bits per heavy atom. The third-order valence-corrected chi connectivity index (χ3v) is 6.48. The molecule has 0 aliphatic heterocycles. The fourth-order valence-corrected chi connectivity index (χ4v) is 4.45. The lowest BCUT2D eigenvalue weighted by Crippen LogP contribution is -2.17. The van der Waals surface area contributed by atoms with Crippen LogP contribution in [0.3, 0.4) is 0 Å². The Labute approximate surface area is 127 Å². The maximum Gasteiger partial charge on any atom is 0.240 e. The van der Waals surface area contributed by atoms with Gasteiger partial charge in [-0.2, -0.15) is 9.98 Å². The SMILES string of the molecule is CCP(=O)(c1ccc(N=C=O)cc1)c1ccc(N=C=O)cc1. The number of aliphatic imine (C=N–C) groups is 2. The Balaban J connectivity index is 2.44. The lowest BCUT2D eigenvalue weighted by molar-refractivity contribution is 0.564. The van der Waals surface area contributed by atoms with Gasteiger partial charge < -0.3 is 4.57 Å². The first-order valence-corrected chi connectivity index (χ1v) is 8.49. The average molecular weight is 312 g/mol. The van der Waals surface area contributed by atoms with Crippen molar-refractivity contribution in [2.45, 2.75) is 6.92 Å². The molecule has 2 aromatic carbocycles. The zero-order valence-corrected chi connectivity index (χ0v) is 12.8. The zero-order chi connectivity index (χ0) is 16.0. The molecule has 0 fully saturated rings. The van der Waals surface area contributed by atoms with Crippen molar-refractivity contribution in [3.63, 3.8) is 0 Å². The molecule has 0 heterocycles. The topological polar surface area (TPSA) is 75.9 Å². The minimum Gasteiger partial charge on any atom is -0.314 e. The number of carbonyl (C=O) groups excluding carboxylic acids is 2. The van der Waals surface area contributed by atoms with Crippen molar-refractivity contribution in [3.05, 3.63) is 48.5 Å². The molecule has 6 heteroatoms. The van der Waals surface area contributed by atoms with Gasteiger partial charge in [0.15, 0.2) is 0 Å². The largest absolute Gasteiger partial charge is 0.314 e. The molecule has 0 radical (unpaired) electrons. The standard InChI is InChI=1S/C16H13N2O3P/c1-2-22(21,15-7-3-13(4-8-15)17-11-19)16-9-5-14(6-10-16)18-12-20/h3-10H,2H2,1H3. The minimum absolute atomic E-state index is 0.458. The molecule has 0 bridgehead atoms. The zero-order valence-electron chi connectivity index (χ0n) is 11.9. The van der Waals surface area contributed by atoms with E-state index in [9.17, 15) is 14.2 Å². The first-order valence-electron chi connectivity index (χ1n) is 6.60. The molecule has 2 aromatic rings. The number of rotatable bonds is 5. The lowest BCUT2D eigenvalue weighted by Gasteiger charge is -2.17. The van der Waals surface area contributed by atoms with Crippen LogP contribution in [0, 0.1) is 0 Å². The molecule has 0 saturated heterocycles. The van der Waals surface area contributed by atoms with Gasteiger partial charge in [-0.1, -0.05) is 6.92 Å². The van der Waals surface area contributed by atoms with Crippen LogP contribution in [0.15, 0.2) is 58.5 Å². The highest BCUT2D eigenvalue weighted by Crippen LogP contribution is 2.43. The van der Waals surface area contributed by atoms with Gasteiger partial charge in [0, 0.05) is 16.8 Å². The van der Waals surface area contributed by atoms with E-state index in [-0.39, 0.29) is 0 Å². The number of benzene rings is 2. The van der Waals surface area contributed by atoms with E-state index in [1.807, 2.05) is 6.92 Å². The summed E-state index contributed by atoms with van der Waals surface area (Å²) in [6.07, 6.45) is 3.40. The van der Waals surface area contributed by atoms with Crippen molar-refractivity contribution in [1.29, 1.82) is 0 Å². The molecule has 0 N–H and O–H groups in total. The Kier molecular flexibility index (Phi) is 4.98. The van der Waals surface area contributed by atoms with E-state index in [0.717, 1.165) is 0 Å². The highest BCUT2D eigenvalue weighted by Gasteiger charge is 2.24. The Morgan fingerprint density at radius 2 is 1.18 bits per heavy atom. The molecule has 0 unspecified atom stereocenters. The summed E-state index contributed by atoms with van der Waals surface area (Å²) in [7, 11) is -2.76. The second kappa shape index (κ2) is 6.93. The fraction of sp³-hybridized carbons (Fsp3) is 0.125. The summed E-state index contributed by atoms with van der Waals surface area (Å²) in [5.74, 6) is 0. The van der Waals surface area contributed by atoms with Crippen LogP contribution in [-0.4, -0.2) is 18.3 Å². The second-order valence-electron chi connectivity index (χ2n) is 4.49. The van der Waals surface area contributed by atoms with E-state index in [2.05, 4.69) is 9.98 Å². The highest BCUT2D eigenvalue weighted by atomic mass is 31.2. The molecule has 0 saturated carbocycles. The van der Waals surface area contributed by atoms with Crippen molar-refractivity contribution in [3.8, 4) is 0 Å². The molecule has 22 heavy (non-hydrogen) atoms. The summed E-state index contributed by atoms with van der Waals surface area (Å²) >= 11 is 0. The molecule has 0 amide bonds. The molecule has 0 spiro atoms. The third-order valence-electron chi connectivity index (χ3n) is 3.33. The van der Waals surface area contributed by atoms with Gasteiger partial charge in [-0.25, -0.2) is 9.59 Å². The quantitative estimate of drug-likeness (QED) is 0.484. The van der Waals surface area contributed by atoms with Crippen molar-refractivity contribution < 1.29 is 14.2 Å². The predicted octanol–water partition coefficient (Wildman–Crippen LogP) is 2.96. The van der Waals surface area contributed by atoms with Crippen molar-refractivity contribution in [2.75, 3.05) is 6.16 Å². The maximum atomic E-state index is 13.3. The number of nitrogens with zero attached hydrogens (tertiary/aromatic N) is 2. The van der Waals surface area contributed by atoms with Crippen molar-refractivity contribution in [1.82, 2.24) is 0 Å². The van der Waals surface area contributed by atoms with Crippen LogP contribution in [0.25, 0.3) is 0 Å². The van der Waals surface area contributed by atoms with Gasteiger partial charge >= 0.3 is 0 Å². The van der Waals surface area contributed by atoms with E-state index in [0.29, 0.717) is 28.1 Å². The molecule has 0 aliphatic carbocycles. The first-order chi connectivity index (χ1) is 10.6. The first kappa shape index (κ1) is 15.8. The minimum atomic E-state index is -2.76. The van der Waals surface area contributed by atoms with Crippen LogP contribution in [0.5, 0.6) is 0 Å². The molecule has 0 aliphatic rings. The summed E-state index contributed by atoms with van der Waals surface area (Å²) in [5.41, 5.74) is 0.939. The Hall–Kier alpha value is -2.57. The van der Waals surface area contributed by atoms with Gasteiger partial charge in [0.1, 0.15) is 7.14 Å². The molecule has 0 aromatic heterocycles. The number of hydrogen-bond acceptors (Lipinski definition) is 5. The molecule has 5 nitrogen and oxygen atoms in total. The van der Waals surface area contributed by atoms with E-state index >= 15 is 0 Å². The maximum absolute atomic E-state index is 13.3. The van der Waals surface area contributed by atoms with Crippen LogP contribution < -0.4 is 10.6 Å². The van der Waals surface area contributed by atoms with Crippen LogP contribution in [-0.2, 0) is 14.2 Å². The smallest absolute Gasteiger partial charge is 0.240 e.